The van der Waals surface area contributed by atoms with E-state index in [1.807, 2.05) is 18.5 Å². The Bertz CT molecular complexity index is 583. The van der Waals surface area contributed by atoms with Crippen molar-refractivity contribution in [3.63, 3.8) is 0 Å². The molecule has 0 bridgehead atoms. The van der Waals surface area contributed by atoms with Gasteiger partial charge in [-0.1, -0.05) is 33.1 Å². The number of hydrogen-bond acceptors (Lipinski definition) is 4. The second-order valence-electron chi connectivity index (χ2n) is 8.26. The summed E-state index contributed by atoms with van der Waals surface area (Å²) in [5.74, 6) is 3.69. The molecular weight excluding hydrogens is 467 g/mol. The first-order valence-corrected chi connectivity index (χ1v) is 10.5. The number of nitrogens with zero attached hydrogens (tertiary/aromatic N) is 4. The number of halogens is 1. The molecule has 0 saturated heterocycles. The lowest BCUT2D eigenvalue weighted by Crippen LogP contribution is -2.45. The molecule has 1 aromatic rings. The van der Waals surface area contributed by atoms with E-state index in [0.717, 1.165) is 37.0 Å². The van der Waals surface area contributed by atoms with Crippen molar-refractivity contribution in [1.29, 1.82) is 0 Å². The summed E-state index contributed by atoms with van der Waals surface area (Å²) in [4.78, 5) is 4.78. The fourth-order valence-corrected chi connectivity index (χ4v) is 3.72. The minimum atomic E-state index is 0. The Hall–Kier alpha value is -0.900. The van der Waals surface area contributed by atoms with Crippen molar-refractivity contribution in [1.82, 2.24) is 25.4 Å². The minimum Gasteiger partial charge on any atom is -0.396 e. The Morgan fingerprint density at radius 3 is 2.54 bits per heavy atom. The van der Waals surface area contributed by atoms with Crippen LogP contribution >= 0.6 is 24.0 Å². The molecule has 1 aliphatic carbocycles. The van der Waals surface area contributed by atoms with Gasteiger partial charge in [0.05, 0.1) is 0 Å². The van der Waals surface area contributed by atoms with Crippen molar-refractivity contribution in [3.05, 3.63) is 11.6 Å². The zero-order valence-corrected chi connectivity index (χ0v) is 20.3. The maximum absolute atomic E-state index is 9.37. The van der Waals surface area contributed by atoms with Crippen molar-refractivity contribution in [3.8, 4) is 0 Å². The third-order valence-corrected chi connectivity index (χ3v) is 5.41. The molecule has 8 heteroatoms. The van der Waals surface area contributed by atoms with Crippen molar-refractivity contribution in [2.45, 2.75) is 78.3 Å². The second-order valence-corrected chi connectivity index (χ2v) is 8.26. The summed E-state index contributed by atoms with van der Waals surface area (Å²) in [6.45, 7) is 7.99. The van der Waals surface area contributed by atoms with Gasteiger partial charge in [0.25, 0.3) is 0 Å². The van der Waals surface area contributed by atoms with E-state index < -0.39 is 0 Å². The van der Waals surface area contributed by atoms with E-state index in [4.69, 9.17) is 4.99 Å². The largest absolute Gasteiger partial charge is 0.396 e. The van der Waals surface area contributed by atoms with E-state index in [1.165, 1.54) is 32.1 Å². The molecular formula is C20H39IN6O. The molecule has 162 valence electrons. The van der Waals surface area contributed by atoms with Crippen LogP contribution in [-0.2, 0) is 13.6 Å². The molecule has 1 atom stereocenters. The van der Waals surface area contributed by atoms with Gasteiger partial charge in [0.15, 0.2) is 11.8 Å². The molecule has 1 aromatic heterocycles. The molecule has 0 aromatic carbocycles. The maximum atomic E-state index is 9.37. The molecule has 28 heavy (non-hydrogen) atoms. The van der Waals surface area contributed by atoms with E-state index in [1.54, 1.807) is 0 Å². The van der Waals surface area contributed by atoms with Crippen LogP contribution in [0.1, 0.15) is 70.4 Å². The molecule has 3 N–H and O–H groups in total. The Kier molecular flexibility index (Phi) is 12.0. The first kappa shape index (κ1) is 25.1. The average molecular weight is 506 g/mol. The molecule has 0 radical (unpaired) electrons. The van der Waals surface area contributed by atoms with Crippen LogP contribution in [0.4, 0.5) is 0 Å². The van der Waals surface area contributed by atoms with E-state index in [2.05, 4.69) is 34.7 Å². The number of aliphatic hydroxyl groups is 1. The molecule has 0 spiro atoms. The predicted octanol–water partition coefficient (Wildman–Crippen LogP) is 3.15. The number of rotatable bonds is 9. The number of aliphatic hydroxyl groups excluding tert-OH is 1. The highest BCUT2D eigenvalue weighted by molar-refractivity contribution is 14.0. The van der Waals surface area contributed by atoms with Crippen LogP contribution in [0.3, 0.4) is 0 Å². The van der Waals surface area contributed by atoms with Crippen LogP contribution in [0.5, 0.6) is 0 Å². The highest BCUT2D eigenvalue weighted by Gasteiger charge is 2.17. The number of aryl methyl sites for hydroxylation is 1. The summed E-state index contributed by atoms with van der Waals surface area (Å²) in [6.07, 6.45) is 8.24. The van der Waals surface area contributed by atoms with Crippen molar-refractivity contribution < 1.29 is 5.11 Å². The van der Waals surface area contributed by atoms with Crippen molar-refractivity contribution in [2.75, 3.05) is 13.2 Å². The van der Waals surface area contributed by atoms with Gasteiger partial charge in [-0.05, 0) is 44.4 Å². The highest BCUT2D eigenvalue weighted by Crippen LogP contribution is 2.18. The van der Waals surface area contributed by atoms with Crippen LogP contribution in [0.2, 0.25) is 0 Å². The van der Waals surface area contributed by atoms with Gasteiger partial charge in [-0.15, -0.1) is 34.2 Å². The van der Waals surface area contributed by atoms with Crippen LogP contribution in [-0.4, -0.2) is 45.0 Å². The summed E-state index contributed by atoms with van der Waals surface area (Å²) in [6, 6.07) is 0.493. The average Bonchev–Trinajstić information content (AvgIpc) is 2.96. The number of aliphatic imine (C=N–C) groups is 1. The quantitative estimate of drug-likeness (QED) is 0.272. The zero-order valence-electron chi connectivity index (χ0n) is 17.9. The van der Waals surface area contributed by atoms with Gasteiger partial charge in [-0.25, -0.2) is 4.99 Å². The van der Waals surface area contributed by atoms with Gasteiger partial charge >= 0.3 is 0 Å². The normalized spacial score (nSPS) is 16.7. The third kappa shape index (κ3) is 8.63. The number of nitrogens with one attached hydrogen (secondary N) is 2. The number of guanidine groups is 1. The van der Waals surface area contributed by atoms with Crippen LogP contribution < -0.4 is 10.6 Å². The summed E-state index contributed by atoms with van der Waals surface area (Å²) in [5, 5.41) is 24.8. The Morgan fingerprint density at radius 1 is 1.25 bits per heavy atom. The molecule has 2 rings (SSSR count). The first-order chi connectivity index (χ1) is 13.0. The van der Waals surface area contributed by atoms with Gasteiger partial charge in [-0.2, -0.15) is 0 Å². The monoisotopic (exact) mass is 506 g/mol. The van der Waals surface area contributed by atoms with Gasteiger partial charge in [0, 0.05) is 26.2 Å². The third-order valence-electron chi connectivity index (χ3n) is 5.41. The standard InChI is InChI=1S/C20H38N6O.HI/c1-15(2)12-17(10-11-27)13-21-20(23-18-8-6-5-7-9-18)22-14-19-25-24-16(3)26(19)4;/h15,17-18,27H,5-14H2,1-4H3,(H2,21,22,23);1H. The fourth-order valence-electron chi connectivity index (χ4n) is 3.72. The summed E-state index contributed by atoms with van der Waals surface area (Å²) < 4.78 is 1.98. The molecule has 1 unspecified atom stereocenters. The fraction of sp³-hybridized carbons (Fsp3) is 0.850. The first-order valence-electron chi connectivity index (χ1n) is 10.5. The minimum absolute atomic E-state index is 0. The predicted molar refractivity (Wildman–Crippen MR) is 125 cm³/mol. The van der Waals surface area contributed by atoms with Gasteiger partial charge in [-0.3, -0.25) is 0 Å². The van der Waals surface area contributed by atoms with E-state index in [9.17, 15) is 5.11 Å². The Labute approximate surface area is 187 Å². The van der Waals surface area contributed by atoms with Crippen LogP contribution in [0.15, 0.2) is 4.99 Å². The van der Waals surface area contributed by atoms with Crippen LogP contribution in [0, 0.1) is 18.8 Å². The molecule has 1 fully saturated rings. The molecule has 0 amide bonds. The topological polar surface area (TPSA) is 87.4 Å². The van der Waals surface area contributed by atoms with E-state index in [-0.39, 0.29) is 30.6 Å². The zero-order chi connectivity index (χ0) is 19.6. The lowest BCUT2D eigenvalue weighted by molar-refractivity contribution is 0.242. The van der Waals surface area contributed by atoms with E-state index >= 15 is 0 Å². The summed E-state index contributed by atoms with van der Waals surface area (Å²) >= 11 is 0. The van der Waals surface area contributed by atoms with Gasteiger partial charge in [0.2, 0.25) is 0 Å². The highest BCUT2D eigenvalue weighted by atomic mass is 127. The molecule has 1 heterocycles. The smallest absolute Gasteiger partial charge is 0.191 e. The second kappa shape index (κ2) is 13.3. The summed E-state index contributed by atoms with van der Waals surface area (Å²) in [5.41, 5.74) is 0. The Balaban J connectivity index is 0.00000392. The van der Waals surface area contributed by atoms with Crippen LogP contribution in [0.25, 0.3) is 0 Å². The van der Waals surface area contributed by atoms with Crippen molar-refractivity contribution in [2.24, 2.45) is 23.9 Å². The van der Waals surface area contributed by atoms with Gasteiger partial charge < -0.3 is 20.3 Å². The number of aromatic nitrogens is 3. The molecule has 7 nitrogen and oxygen atoms in total. The lowest BCUT2D eigenvalue weighted by Gasteiger charge is -2.26. The Morgan fingerprint density at radius 2 is 1.96 bits per heavy atom. The van der Waals surface area contributed by atoms with Gasteiger partial charge in [0.1, 0.15) is 12.4 Å². The summed E-state index contributed by atoms with van der Waals surface area (Å²) in [7, 11) is 1.97. The molecule has 0 aliphatic heterocycles. The SMILES string of the molecule is Cc1nnc(CN=C(NCC(CCO)CC(C)C)NC2CCCCC2)n1C.I. The molecule has 1 saturated carbocycles. The molecule has 1 aliphatic rings. The number of hydrogen-bond donors (Lipinski definition) is 3. The lowest BCUT2D eigenvalue weighted by atomic mass is 9.94. The maximum Gasteiger partial charge on any atom is 0.191 e. The van der Waals surface area contributed by atoms with E-state index in [0.29, 0.717) is 24.4 Å². The van der Waals surface area contributed by atoms with Crippen molar-refractivity contribution >= 4 is 29.9 Å².